The van der Waals surface area contributed by atoms with Gasteiger partial charge in [-0.05, 0) is 43.3 Å². The number of rotatable bonds is 6. The molecule has 0 radical (unpaired) electrons. The summed E-state index contributed by atoms with van der Waals surface area (Å²) in [7, 11) is 1.66. The van der Waals surface area contributed by atoms with Gasteiger partial charge in [0.15, 0.2) is 6.10 Å². The molecule has 0 bridgehead atoms. The van der Waals surface area contributed by atoms with Crippen molar-refractivity contribution in [2.45, 2.75) is 13.0 Å². The van der Waals surface area contributed by atoms with Crippen molar-refractivity contribution in [2.75, 3.05) is 11.9 Å². The first-order valence-corrected chi connectivity index (χ1v) is 7.25. The molecule has 0 saturated carbocycles. The molecule has 0 aliphatic heterocycles. The third-order valence-electron chi connectivity index (χ3n) is 3.55. The summed E-state index contributed by atoms with van der Waals surface area (Å²) < 4.78 is 5.25. The van der Waals surface area contributed by atoms with Gasteiger partial charge in [-0.25, -0.2) is 4.79 Å². The van der Waals surface area contributed by atoms with Crippen molar-refractivity contribution < 1.29 is 19.6 Å². The van der Waals surface area contributed by atoms with Gasteiger partial charge in [-0.2, -0.15) is 5.26 Å². The second kappa shape index (κ2) is 7.31. The van der Waals surface area contributed by atoms with Crippen molar-refractivity contribution in [3.8, 4) is 11.8 Å². The fourth-order valence-electron chi connectivity index (χ4n) is 2.16. The van der Waals surface area contributed by atoms with E-state index < -0.39 is 17.0 Å². The molecule has 8 heteroatoms. The van der Waals surface area contributed by atoms with Gasteiger partial charge in [-0.1, -0.05) is 0 Å². The van der Waals surface area contributed by atoms with Crippen LogP contribution in [0.4, 0.5) is 17.1 Å². The zero-order chi connectivity index (χ0) is 18.6. The Kier molecular flexibility index (Phi) is 5.19. The van der Waals surface area contributed by atoms with Crippen LogP contribution in [-0.2, 0) is 4.79 Å². The number of nitriles is 1. The topological polar surface area (TPSA) is 117 Å². The average Bonchev–Trinajstić information content (AvgIpc) is 2.61. The standard InChI is InChI=1S/C17H15N3O5/c1-11(17(21)22)25-14-6-4-13(5-7-14)19(2)15-8-3-12(10-18)9-16(15)20(23)24/h3-9,11H,1-2H3,(H,21,22). The lowest BCUT2D eigenvalue weighted by Gasteiger charge is -2.20. The van der Waals surface area contributed by atoms with Gasteiger partial charge in [0.25, 0.3) is 5.69 Å². The molecule has 0 aliphatic rings. The number of aliphatic carboxylic acids is 1. The first kappa shape index (κ1) is 17.7. The van der Waals surface area contributed by atoms with Crippen LogP contribution in [0.5, 0.6) is 5.75 Å². The second-order valence-electron chi connectivity index (χ2n) is 5.22. The van der Waals surface area contributed by atoms with Crippen LogP contribution in [0.3, 0.4) is 0 Å². The zero-order valence-corrected chi connectivity index (χ0v) is 13.5. The van der Waals surface area contributed by atoms with Crippen molar-refractivity contribution >= 4 is 23.0 Å². The molecule has 25 heavy (non-hydrogen) atoms. The lowest BCUT2D eigenvalue weighted by molar-refractivity contribution is -0.384. The minimum absolute atomic E-state index is 0.179. The molecule has 0 aliphatic carbocycles. The van der Waals surface area contributed by atoms with Crippen LogP contribution in [0.1, 0.15) is 12.5 Å². The summed E-state index contributed by atoms with van der Waals surface area (Å²) in [4.78, 5) is 23.1. The van der Waals surface area contributed by atoms with Crippen LogP contribution in [0.2, 0.25) is 0 Å². The largest absolute Gasteiger partial charge is 0.479 e. The number of hydrogen-bond donors (Lipinski definition) is 1. The Hall–Kier alpha value is -3.60. The number of anilines is 2. The molecule has 1 N–H and O–H groups in total. The number of nitro benzene ring substituents is 1. The summed E-state index contributed by atoms with van der Waals surface area (Å²) >= 11 is 0. The number of nitrogens with zero attached hydrogens (tertiary/aromatic N) is 3. The lowest BCUT2D eigenvalue weighted by Crippen LogP contribution is -2.22. The van der Waals surface area contributed by atoms with Crippen LogP contribution in [-0.4, -0.2) is 29.2 Å². The summed E-state index contributed by atoms with van der Waals surface area (Å²) in [5.41, 5.74) is 0.997. The van der Waals surface area contributed by atoms with Crippen molar-refractivity contribution in [3.63, 3.8) is 0 Å². The van der Waals surface area contributed by atoms with Gasteiger partial charge in [-0.3, -0.25) is 10.1 Å². The fraction of sp³-hybridized carbons (Fsp3) is 0.176. The first-order chi connectivity index (χ1) is 11.8. The van der Waals surface area contributed by atoms with Gasteiger partial charge in [0.1, 0.15) is 11.4 Å². The highest BCUT2D eigenvalue weighted by molar-refractivity contribution is 5.73. The minimum Gasteiger partial charge on any atom is -0.479 e. The molecule has 0 fully saturated rings. The highest BCUT2D eigenvalue weighted by Crippen LogP contribution is 2.33. The van der Waals surface area contributed by atoms with E-state index in [9.17, 15) is 14.9 Å². The predicted octanol–water partition coefficient (Wildman–Crippen LogP) is 3.09. The number of hydrogen-bond acceptors (Lipinski definition) is 6. The molecular formula is C17H15N3O5. The Labute approximate surface area is 143 Å². The molecule has 8 nitrogen and oxygen atoms in total. The van der Waals surface area contributed by atoms with E-state index in [0.717, 1.165) is 0 Å². The van der Waals surface area contributed by atoms with E-state index in [-0.39, 0.29) is 11.3 Å². The van der Waals surface area contributed by atoms with Crippen LogP contribution in [0, 0.1) is 21.4 Å². The van der Waals surface area contributed by atoms with Gasteiger partial charge in [0.05, 0.1) is 16.6 Å². The van der Waals surface area contributed by atoms with Crippen molar-refractivity contribution in [2.24, 2.45) is 0 Å². The molecule has 0 heterocycles. The zero-order valence-electron chi connectivity index (χ0n) is 13.5. The van der Waals surface area contributed by atoms with Gasteiger partial charge in [0, 0.05) is 18.8 Å². The number of carboxylic acids is 1. The summed E-state index contributed by atoms with van der Waals surface area (Å²) in [6.45, 7) is 1.42. The lowest BCUT2D eigenvalue weighted by atomic mass is 10.1. The fourth-order valence-corrected chi connectivity index (χ4v) is 2.16. The normalized spacial score (nSPS) is 11.2. The summed E-state index contributed by atoms with van der Waals surface area (Å²) in [5.74, 6) is -0.698. The molecule has 2 aromatic rings. The van der Waals surface area contributed by atoms with E-state index >= 15 is 0 Å². The first-order valence-electron chi connectivity index (χ1n) is 7.25. The quantitative estimate of drug-likeness (QED) is 0.633. The minimum atomic E-state index is -1.07. The van der Waals surface area contributed by atoms with E-state index in [1.807, 2.05) is 6.07 Å². The van der Waals surface area contributed by atoms with Crippen LogP contribution >= 0.6 is 0 Å². The Morgan fingerprint density at radius 2 is 1.96 bits per heavy atom. The summed E-state index contributed by atoms with van der Waals surface area (Å²) in [6.07, 6.45) is -0.983. The maximum atomic E-state index is 11.3. The summed E-state index contributed by atoms with van der Waals surface area (Å²) in [6, 6.07) is 12.6. The highest BCUT2D eigenvalue weighted by atomic mass is 16.6. The Morgan fingerprint density at radius 1 is 1.32 bits per heavy atom. The van der Waals surface area contributed by atoms with E-state index in [1.165, 1.54) is 25.1 Å². The van der Waals surface area contributed by atoms with E-state index in [1.54, 1.807) is 36.2 Å². The molecule has 0 spiro atoms. The van der Waals surface area contributed by atoms with E-state index in [2.05, 4.69) is 0 Å². The molecule has 128 valence electrons. The third-order valence-corrected chi connectivity index (χ3v) is 3.55. The molecule has 1 unspecified atom stereocenters. The van der Waals surface area contributed by atoms with E-state index in [4.69, 9.17) is 15.1 Å². The molecule has 0 aromatic heterocycles. The average molecular weight is 341 g/mol. The molecule has 2 rings (SSSR count). The number of benzene rings is 2. The Balaban J connectivity index is 2.29. The monoisotopic (exact) mass is 341 g/mol. The predicted molar refractivity (Wildman–Crippen MR) is 90.0 cm³/mol. The SMILES string of the molecule is CC(Oc1ccc(N(C)c2ccc(C#N)cc2[N+](=O)[O-])cc1)C(=O)O. The smallest absolute Gasteiger partial charge is 0.344 e. The van der Waals surface area contributed by atoms with Crippen molar-refractivity contribution in [3.05, 3.63) is 58.1 Å². The van der Waals surface area contributed by atoms with Gasteiger partial charge < -0.3 is 14.7 Å². The third kappa shape index (κ3) is 4.03. The summed E-state index contributed by atoms with van der Waals surface area (Å²) in [5, 5.41) is 29.0. The van der Waals surface area contributed by atoms with Crippen LogP contribution < -0.4 is 9.64 Å². The van der Waals surface area contributed by atoms with Gasteiger partial charge in [-0.15, -0.1) is 0 Å². The van der Waals surface area contributed by atoms with Crippen LogP contribution in [0.25, 0.3) is 0 Å². The maximum absolute atomic E-state index is 11.3. The highest BCUT2D eigenvalue weighted by Gasteiger charge is 2.19. The molecule has 2 aromatic carbocycles. The molecule has 1 atom stereocenters. The van der Waals surface area contributed by atoms with Gasteiger partial charge in [0.2, 0.25) is 0 Å². The van der Waals surface area contributed by atoms with Crippen molar-refractivity contribution in [1.82, 2.24) is 0 Å². The second-order valence-corrected chi connectivity index (χ2v) is 5.22. The number of carbonyl (C=O) groups is 1. The van der Waals surface area contributed by atoms with Crippen molar-refractivity contribution in [1.29, 1.82) is 5.26 Å². The van der Waals surface area contributed by atoms with E-state index in [0.29, 0.717) is 17.1 Å². The molecule has 0 amide bonds. The van der Waals surface area contributed by atoms with Gasteiger partial charge >= 0.3 is 5.97 Å². The number of ether oxygens (including phenoxy) is 1. The number of nitro groups is 1. The molecular weight excluding hydrogens is 326 g/mol. The maximum Gasteiger partial charge on any atom is 0.344 e. The Morgan fingerprint density at radius 3 is 2.48 bits per heavy atom. The number of carboxylic acid groups (broad SMARTS) is 1. The molecule has 0 saturated heterocycles. The van der Waals surface area contributed by atoms with Crippen LogP contribution in [0.15, 0.2) is 42.5 Å². The Bertz CT molecular complexity index is 842.